The fourth-order valence-corrected chi connectivity index (χ4v) is 4.39. The summed E-state index contributed by atoms with van der Waals surface area (Å²) in [6.07, 6.45) is 5.67. The first-order valence-electron chi connectivity index (χ1n) is 8.98. The van der Waals surface area contributed by atoms with E-state index in [9.17, 15) is 4.79 Å². The van der Waals surface area contributed by atoms with Crippen LogP contribution in [0, 0.1) is 0 Å². The minimum absolute atomic E-state index is 0.0544. The second-order valence-electron chi connectivity index (χ2n) is 6.80. The van der Waals surface area contributed by atoms with Gasteiger partial charge >= 0.3 is 0 Å². The van der Waals surface area contributed by atoms with E-state index in [1.54, 1.807) is 16.2 Å². The second kappa shape index (κ2) is 6.64. The highest BCUT2D eigenvalue weighted by molar-refractivity contribution is 7.09. The Morgan fingerprint density at radius 1 is 1.32 bits per heavy atom. The predicted octanol–water partition coefficient (Wildman–Crippen LogP) is 4.34. The zero-order valence-corrected chi connectivity index (χ0v) is 15.6. The number of H-pyrrole nitrogens is 1. The van der Waals surface area contributed by atoms with Gasteiger partial charge < -0.3 is 9.88 Å². The Morgan fingerprint density at radius 2 is 2.16 bits per heavy atom. The van der Waals surface area contributed by atoms with Gasteiger partial charge in [-0.1, -0.05) is 6.92 Å². The SMILES string of the molecule is CCc1nc(CN(C)C(=O)c2ccc3[nH]c4c(c3c2)CCCC4)cs1. The van der Waals surface area contributed by atoms with Crippen LogP contribution < -0.4 is 0 Å². The number of thiazole rings is 1. The van der Waals surface area contributed by atoms with Crippen LogP contribution in [0.2, 0.25) is 0 Å². The van der Waals surface area contributed by atoms with Crippen molar-refractivity contribution in [3.05, 3.63) is 51.1 Å². The Labute approximate surface area is 151 Å². The molecule has 2 aromatic heterocycles. The summed E-state index contributed by atoms with van der Waals surface area (Å²) in [6.45, 7) is 2.66. The summed E-state index contributed by atoms with van der Waals surface area (Å²) in [6, 6.07) is 6.04. The number of nitrogens with one attached hydrogen (secondary N) is 1. The molecule has 1 amide bonds. The number of aryl methyl sites for hydroxylation is 3. The monoisotopic (exact) mass is 353 g/mol. The van der Waals surface area contributed by atoms with E-state index in [1.807, 2.05) is 24.6 Å². The molecule has 3 aromatic rings. The number of carbonyl (C=O) groups is 1. The van der Waals surface area contributed by atoms with E-state index >= 15 is 0 Å². The minimum Gasteiger partial charge on any atom is -0.358 e. The summed E-state index contributed by atoms with van der Waals surface area (Å²) in [5.74, 6) is 0.0544. The lowest BCUT2D eigenvalue weighted by Gasteiger charge is -2.16. The van der Waals surface area contributed by atoms with Gasteiger partial charge in [0.05, 0.1) is 17.2 Å². The molecule has 0 radical (unpaired) electrons. The molecule has 1 aliphatic carbocycles. The van der Waals surface area contributed by atoms with Crippen molar-refractivity contribution in [1.29, 1.82) is 0 Å². The van der Waals surface area contributed by atoms with Crippen LogP contribution >= 0.6 is 11.3 Å². The van der Waals surface area contributed by atoms with Crippen LogP contribution in [0.4, 0.5) is 0 Å². The average Bonchev–Trinajstić information content (AvgIpc) is 3.24. The van der Waals surface area contributed by atoms with Gasteiger partial charge in [0, 0.05) is 34.6 Å². The molecule has 25 heavy (non-hydrogen) atoms. The number of amides is 1. The molecule has 4 nitrogen and oxygen atoms in total. The molecule has 0 fully saturated rings. The third-order valence-corrected chi connectivity index (χ3v) is 6.03. The summed E-state index contributed by atoms with van der Waals surface area (Å²) in [5, 5.41) is 4.39. The van der Waals surface area contributed by atoms with E-state index in [2.05, 4.69) is 23.0 Å². The van der Waals surface area contributed by atoms with Crippen LogP contribution in [0.15, 0.2) is 23.6 Å². The molecule has 4 rings (SSSR count). The van der Waals surface area contributed by atoms with E-state index in [0.717, 1.165) is 41.0 Å². The maximum atomic E-state index is 12.9. The Hall–Kier alpha value is -2.14. The van der Waals surface area contributed by atoms with Gasteiger partial charge in [-0.05, 0) is 55.9 Å². The number of rotatable bonds is 4. The van der Waals surface area contributed by atoms with Crippen molar-refractivity contribution in [3.8, 4) is 0 Å². The molecule has 1 aromatic carbocycles. The Balaban J connectivity index is 1.58. The summed E-state index contributed by atoms with van der Waals surface area (Å²) in [4.78, 5) is 22.7. The lowest BCUT2D eigenvalue weighted by atomic mass is 9.95. The normalized spacial score (nSPS) is 13.8. The second-order valence-corrected chi connectivity index (χ2v) is 7.74. The molecule has 2 heterocycles. The van der Waals surface area contributed by atoms with Gasteiger partial charge in [0.15, 0.2) is 0 Å². The van der Waals surface area contributed by atoms with Gasteiger partial charge in [-0.2, -0.15) is 0 Å². The molecule has 0 saturated carbocycles. The van der Waals surface area contributed by atoms with Crippen molar-refractivity contribution in [2.45, 2.75) is 45.6 Å². The number of nitrogens with zero attached hydrogens (tertiary/aromatic N) is 2. The van der Waals surface area contributed by atoms with Crippen molar-refractivity contribution < 1.29 is 4.79 Å². The number of benzene rings is 1. The zero-order valence-electron chi connectivity index (χ0n) is 14.8. The molecule has 0 spiro atoms. The number of carbonyl (C=O) groups excluding carboxylic acids is 1. The summed E-state index contributed by atoms with van der Waals surface area (Å²) >= 11 is 1.66. The highest BCUT2D eigenvalue weighted by Gasteiger charge is 2.18. The quantitative estimate of drug-likeness (QED) is 0.758. The highest BCUT2D eigenvalue weighted by atomic mass is 32.1. The van der Waals surface area contributed by atoms with Gasteiger partial charge in [0.1, 0.15) is 0 Å². The van der Waals surface area contributed by atoms with E-state index in [0.29, 0.717) is 6.54 Å². The lowest BCUT2D eigenvalue weighted by Crippen LogP contribution is -2.26. The van der Waals surface area contributed by atoms with Crippen LogP contribution in [0.3, 0.4) is 0 Å². The lowest BCUT2D eigenvalue weighted by molar-refractivity contribution is 0.0783. The first-order valence-corrected chi connectivity index (χ1v) is 9.86. The molecule has 1 N–H and O–H groups in total. The van der Waals surface area contributed by atoms with Crippen LogP contribution in [-0.2, 0) is 25.8 Å². The van der Waals surface area contributed by atoms with Gasteiger partial charge in [0.2, 0.25) is 0 Å². The van der Waals surface area contributed by atoms with Gasteiger partial charge in [-0.15, -0.1) is 11.3 Å². The molecular weight excluding hydrogens is 330 g/mol. The third kappa shape index (κ3) is 3.09. The molecule has 1 aliphatic rings. The van der Waals surface area contributed by atoms with Gasteiger partial charge in [0.25, 0.3) is 5.91 Å². The Morgan fingerprint density at radius 3 is 2.96 bits per heavy atom. The summed E-state index contributed by atoms with van der Waals surface area (Å²) in [5.41, 5.74) is 5.64. The minimum atomic E-state index is 0.0544. The van der Waals surface area contributed by atoms with Crippen molar-refractivity contribution >= 4 is 28.1 Å². The maximum Gasteiger partial charge on any atom is 0.253 e. The predicted molar refractivity (Wildman–Crippen MR) is 102 cm³/mol. The van der Waals surface area contributed by atoms with Crippen LogP contribution in [0.1, 0.15) is 52.1 Å². The number of hydrogen-bond acceptors (Lipinski definition) is 3. The summed E-state index contributed by atoms with van der Waals surface area (Å²) in [7, 11) is 1.85. The number of hydrogen-bond donors (Lipinski definition) is 1. The van der Waals surface area contributed by atoms with E-state index in [-0.39, 0.29) is 5.91 Å². The fraction of sp³-hybridized carbons (Fsp3) is 0.400. The van der Waals surface area contributed by atoms with E-state index < -0.39 is 0 Å². The smallest absolute Gasteiger partial charge is 0.253 e. The summed E-state index contributed by atoms with van der Waals surface area (Å²) < 4.78 is 0. The number of aromatic nitrogens is 2. The maximum absolute atomic E-state index is 12.9. The van der Waals surface area contributed by atoms with Crippen molar-refractivity contribution in [2.24, 2.45) is 0 Å². The van der Waals surface area contributed by atoms with E-state index in [4.69, 9.17) is 0 Å². The number of fused-ring (bicyclic) bond motifs is 3. The van der Waals surface area contributed by atoms with Crippen molar-refractivity contribution in [3.63, 3.8) is 0 Å². The molecule has 130 valence electrons. The van der Waals surface area contributed by atoms with E-state index in [1.165, 1.54) is 29.5 Å². The van der Waals surface area contributed by atoms with Crippen LogP contribution in [-0.4, -0.2) is 27.8 Å². The molecular formula is C20H23N3OS. The first kappa shape index (κ1) is 16.3. The third-order valence-electron chi connectivity index (χ3n) is 4.99. The number of aromatic amines is 1. The molecule has 0 saturated heterocycles. The fourth-order valence-electron chi connectivity index (χ4n) is 3.66. The highest BCUT2D eigenvalue weighted by Crippen LogP contribution is 2.30. The molecule has 5 heteroatoms. The van der Waals surface area contributed by atoms with Crippen molar-refractivity contribution in [1.82, 2.24) is 14.9 Å². The zero-order chi connectivity index (χ0) is 17.4. The average molecular weight is 353 g/mol. The standard InChI is InChI=1S/C20H23N3OS/c1-3-19-21-14(12-25-19)11-23(2)20(24)13-8-9-18-16(10-13)15-6-4-5-7-17(15)22-18/h8-10,12,22H,3-7,11H2,1-2H3. The Kier molecular flexibility index (Phi) is 4.34. The molecule has 0 aliphatic heterocycles. The molecule has 0 unspecified atom stereocenters. The van der Waals surface area contributed by atoms with Crippen molar-refractivity contribution in [2.75, 3.05) is 7.05 Å². The van der Waals surface area contributed by atoms with Crippen LogP contribution in [0.25, 0.3) is 10.9 Å². The van der Waals surface area contributed by atoms with Gasteiger partial charge in [-0.25, -0.2) is 4.98 Å². The first-order chi connectivity index (χ1) is 12.2. The topological polar surface area (TPSA) is 49.0 Å². The Bertz CT molecular complexity index is 924. The van der Waals surface area contributed by atoms with Crippen LogP contribution in [0.5, 0.6) is 0 Å². The molecule has 0 bridgehead atoms. The molecule has 0 atom stereocenters. The largest absolute Gasteiger partial charge is 0.358 e. The van der Waals surface area contributed by atoms with Gasteiger partial charge in [-0.3, -0.25) is 4.79 Å².